The minimum Gasteiger partial charge on any atom is -0.352 e. The van der Waals surface area contributed by atoms with Gasteiger partial charge in [-0.3, -0.25) is 4.79 Å². The highest BCUT2D eigenvalue weighted by Gasteiger charge is 2.43. The number of amides is 1. The van der Waals surface area contributed by atoms with Gasteiger partial charge < -0.3 is 10.6 Å². The second kappa shape index (κ2) is 4.84. The third kappa shape index (κ3) is 2.29. The molecule has 0 aromatic rings. The van der Waals surface area contributed by atoms with Crippen molar-refractivity contribution in [1.82, 2.24) is 10.6 Å². The van der Waals surface area contributed by atoms with E-state index in [4.69, 9.17) is 0 Å². The Morgan fingerprint density at radius 1 is 1.11 bits per heavy atom. The molecule has 2 aliphatic carbocycles. The smallest absolute Gasteiger partial charge is 0.223 e. The lowest BCUT2D eigenvalue weighted by Crippen LogP contribution is -2.55. The Labute approximate surface area is 110 Å². The zero-order chi connectivity index (χ0) is 12.7. The lowest BCUT2D eigenvalue weighted by Gasteiger charge is -2.35. The molecular weight excluding hydrogens is 224 g/mol. The lowest BCUT2D eigenvalue weighted by atomic mass is 9.87. The summed E-state index contributed by atoms with van der Waals surface area (Å²) in [6.45, 7) is 4.42. The van der Waals surface area contributed by atoms with E-state index in [0.717, 1.165) is 18.8 Å². The number of hydrogen-bond acceptors (Lipinski definition) is 2. The van der Waals surface area contributed by atoms with Gasteiger partial charge in [-0.2, -0.15) is 0 Å². The van der Waals surface area contributed by atoms with Crippen molar-refractivity contribution in [3.8, 4) is 0 Å². The van der Waals surface area contributed by atoms with Gasteiger partial charge in [0.1, 0.15) is 0 Å². The van der Waals surface area contributed by atoms with E-state index in [-0.39, 0.29) is 0 Å². The van der Waals surface area contributed by atoms with Crippen molar-refractivity contribution in [1.29, 1.82) is 0 Å². The van der Waals surface area contributed by atoms with E-state index in [0.29, 0.717) is 35.9 Å². The zero-order valence-electron chi connectivity index (χ0n) is 11.6. The van der Waals surface area contributed by atoms with Crippen LogP contribution in [0.1, 0.15) is 52.4 Å². The molecule has 1 saturated heterocycles. The molecule has 102 valence electrons. The minimum absolute atomic E-state index is 0.329. The van der Waals surface area contributed by atoms with Crippen LogP contribution in [0.25, 0.3) is 0 Å². The summed E-state index contributed by atoms with van der Waals surface area (Å²) >= 11 is 0. The van der Waals surface area contributed by atoms with Gasteiger partial charge in [-0.05, 0) is 57.8 Å². The molecule has 0 spiro atoms. The monoisotopic (exact) mass is 250 g/mol. The number of carbonyl (C=O) groups excluding carboxylic acids is 1. The maximum Gasteiger partial charge on any atom is 0.223 e. The minimum atomic E-state index is 0.329. The quantitative estimate of drug-likeness (QED) is 0.787. The fourth-order valence-electron chi connectivity index (χ4n) is 4.38. The molecular formula is C15H26N2O. The van der Waals surface area contributed by atoms with Crippen LogP contribution < -0.4 is 10.6 Å². The molecule has 3 aliphatic rings. The van der Waals surface area contributed by atoms with Gasteiger partial charge in [-0.1, -0.05) is 6.42 Å². The van der Waals surface area contributed by atoms with Crippen LogP contribution in [0.3, 0.4) is 0 Å². The molecule has 0 aromatic carbocycles. The van der Waals surface area contributed by atoms with Crippen molar-refractivity contribution >= 4 is 5.91 Å². The molecule has 3 heteroatoms. The second-order valence-corrected chi connectivity index (χ2v) is 6.83. The number of fused-ring (bicyclic) bond motifs is 2. The maximum atomic E-state index is 12.4. The third-order valence-electron chi connectivity index (χ3n) is 5.46. The first kappa shape index (κ1) is 12.5. The first-order chi connectivity index (χ1) is 8.63. The number of nitrogens with one attached hydrogen (secondary N) is 2. The predicted octanol–water partition coefficient (Wildman–Crippen LogP) is 2.07. The van der Waals surface area contributed by atoms with E-state index in [9.17, 15) is 4.79 Å². The third-order valence-corrected chi connectivity index (χ3v) is 5.46. The van der Waals surface area contributed by atoms with Gasteiger partial charge in [0.15, 0.2) is 0 Å². The average Bonchev–Trinajstić information content (AvgIpc) is 2.94. The Bertz CT molecular complexity index is 330. The molecule has 1 amide bonds. The normalized spacial score (nSPS) is 47.2. The summed E-state index contributed by atoms with van der Waals surface area (Å²) in [6, 6.07) is 1.35. The van der Waals surface area contributed by atoms with E-state index >= 15 is 0 Å². The van der Waals surface area contributed by atoms with Crippen LogP contribution in [0, 0.1) is 17.8 Å². The first-order valence-electron chi connectivity index (χ1n) is 7.70. The van der Waals surface area contributed by atoms with Crippen molar-refractivity contribution in [2.24, 2.45) is 17.8 Å². The number of carbonyl (C=O) groups is 1. The molecule has 1 heterocycles. The van der Waals surface area contributed by atoms with Gasteiger partial charge in [0.25, 0.3) is 0 Å². The molecule has 6 unspecified atom stereocenters. The van der Waals surface area contributed by atoms with Gasteiger partial charge >= 0.3 is 0 Å². The van der Waals surface area contributed by atoms with E-state index in [2.05, 4.69) is 24.5 Å². The van der Waals surface area contributed by atoms with Gasteiger partial charge in [0.2, 0.25) is 5.91 Å². The first-order valence-corrected chi connectivity index (χ1v) is 7.70. The van der Waals surface area contributed by atoms with Crippen LogP contribution in [0.5, 0.6) is 0 Å². The molecule has 3 fully saturated rings. The topological polar surface area (TPSA) is 41.1 Å². The fourth-order valence-corrected chi connectivity index (χ4v) is 4.38. The van der Waals surface area contributed by atoms with E-state index < -0.39 is 0 Å². The lowest BCUT2D eigenvalue weighted by molar-refractivity contribution is -0.127. The molecule has 0 aromatic heterocycles. The van der Waals surface area contributed by atoms with E-state index in [1.54, 1.807) is 0 Å². The van der Waals surface area contributed by atoms with Crippen molar-refractivity contribution in [3.63, 3.8) is 0 Å². The molecule has 3 rings (SSSR count). The number of hydrogen-bond donors (Lipinski definition) is 2. The number of rotatable bonds is 2. The molecule has 2 saturated carbocycles. The molecule has 3 nitrogen and oxygen atoms in total. The van der Waals surface area contributed by atoms with Gasteiger partial charge in [0, 0.05) is 24.0 Å². The van der Waals surface area contributed by atoms with Crippen molar-refractivity contribution in [2.75, 3.05) is 0 Å². The summed E-state index contributed by atoms with van der Waals surface area (Å²) < 4.78 is 0. The van der Waals surface area contributed by atoms with Crippen LogP contribution >= 0.6 is 0 Å². The molecule has 0 radical (unpaired) electrons. The Hall–Kier alpha value is -0.570. The maximum absolute atomic E-state index is 12.4. The molecule has 6 atom stereocenters. The standard InChI is InChI=1S/C15H26N2O/c1-9-3-6-14(10(2)16-9)17-15(18)13-8-11-4-5-12(13)7-11/h9-14,16H,3-8H2,1-2H3,(H,17,18). The van der Waals surface area contributed by atoms with Crippen molar-refractivity contribution < 1.29 is 4.79 Å². The second-order valence-electron chi connectivity index (χ2n) is 6.83. The molecule has 2 N–H and O–H groups in total. The van der Waals surface area contributed by atoms with E-state index in [1.807, 2.05) is 0 Å². The Kier molecular flexibility index (Phi) is 3.35. The van der Waals surface area contributed by atoms with Crippen LogP contribution in [-0.4, -0.2) is 24.0 Å². The van der Waals surface area contributed by atoms with Gasteiger partial charge in [-0.15, -0.1) is 0 Å². The SMILES string of the molecule is CC1CCC(NC(=O)C2CC3CCC2C3)C(C)N1. The molecule has 2 bridgehead atoms. The largest absolute Gasteiger partial charge is 0.352 e. The van der Waals surface area contributed by atoms with Crippen molar-refractivity contribution in [3.05, 3.63) is 0 Å². The average molecular weight is 250 g/mol. The highest BCUT2D eigenvalue weighted by molar-refractivity contribution is 5.79. The fraction of sp³-hybridized carbons (Fsp3) is 0.933. The summed E-state index contributed by atoms with van der Waals surface area (Å²) in [5.74, 6) is 2.22. The Morgan fingerprint density at radius 2 is 1.94 bits per heavy atom. The van der Waals surface area contributed by atoms with Gasteiger partial charge in [-0.25, -0.2) is 0 Å². The van der Waals surface area contributed by atoms with E-state index in [1.165, 1.54) is 25.7 Å². The Morgan fingerprint density at radius 3 is 2.56 bits per heavy atom. The molecule has 1 aliphatic heterocycles. The highest BCUT2D eigenvalue weighted by Crippen LogP contribution is 2.48. The Balaban J connectivity index is 1.55. The number of piperidine rings is 1. The molecule has 18 heavy (non-hydrogen) atoms. The summed E-state index contributed by atoms with van der Waals surface area (Å²) in [6.07, 6.45) is 7.43. The predicted molar refractivity (Wildman–Crippen MR) is 72.2 cm³/mol. The zero-order valence-corrected chi connectivity index (χ0v) is 11.6. The summed E-state index contributed by atoms with van der Waals surface area (Å²) in [4.78, 5) is 12.4. The van der Waals surface area contributed by atoms with Crippen LogP contribution in [-0.2, 0) is 4.79 Å². The summed E-state index contributed by atoms with van der Waals surface area (Å²) in [7, 11) is 0. The highest BCUT2D eigenvalue weighted by atomic mass is 16.2. The summed E-state index contributed by atoms with van der Waals surface area (Å²) in [5.41, 5.74) is 0. The van der Waals surface area contributed by atoms with Crippen molar-refractivity contribution in [2.45, 2.75) is 70.5 Å². The van der Waals surface area contributed by atoms with Gasteiger partial charge in [0.05, 0.1) is 0 Å². The van der Waals surface area contributed by atoms with Crippen LogP contribution in [0.15, 0.2) is 0 Å². The summed E-state index contributed by atoms with van der Waals surface area (Å²) in [5, 5.41) is 6.86. The van der Waals surface area contributed by atoms with Crippen LogP contribution in [0.2, 0.25) is 0 Å². The van der Waals surface area contributed by atoms with Crippen LogP contribution in [0.4, 0.5) is 0 Å².